The van der Waals surface area contributed by atoms with E-state index in [1.165, 1.54) is 14.0 Å². The van der Waals surface area contributed by atoms with Gasteiger partial charge < -0.3 is 14.8 Å². The van der Waals surface area contributed by atoms with Crippen LogP contribution in [0.4, 0.5) is 0 Å². The lowest BCUT2D eigenvalue weighted by molar-refractivity contribution is -0.127. The fraction of sp³-hybridized carbons (Fsp3) is 0.300. The average molecular weight is 341 g/mol. The van der Waals surface area contributed by atoms with Gasteiger partial charge in [0.15, 0.2) is 11.9 Å². The standard InChI is InChI=1S/C20H23NO4/c1-13(16-8-6-5-7-9-16)21-20(23)15(3)25-19-12-17(24-4)10-11-18(19)14(2)22/h5-13,15H,1-4H3,(H,21,23)/t13-,15-/m1/s1. The van der Waals surface area contributed by atoms with E-state index in [-0.39, 0.29) is 17.7 Å². The van der Waals surface area contributed by atoms with Crippen LogP contribution in [0.3, 0.4) is 0 Å². The Hall–Kier alpha value is -2.82. The van der Waals surface area contributed by atoms with Crippen molar-refractivity contribution in [2.45, 2.75) is 32.9 Å². The fourth-order valence-electron chi connectivity index (χ4n) is 2.42. The predicted molar refractivity (Wildman–Crippen MR) is 96.1 cm³/mol. The van der Waals surface area contributed by atoms with E-state index in [0.717, 1.165) is 5.56 Å². The molecule has 0 radical (unpaired) electrons. The number of ketones is 1. The molecule has 0 heterocycles. The molecule has 0 aliphatic rings. The molecule has 0 fully saturated rings. The van der Waals surface area contributed by atoms with Crippen LogP contribution < -0.4 is 14.8 Å². The first-order valence-electron chi connectivity index (χ1n) is 8.13. The average Bonchev–Trinajstić information content (AvgIpc) is 2.61. The van der Waals surface area contributed by atoms with E-state index in [9.17, 15) is 9.59 Å². The number of rotatable bonds is 7. The first-order chi connectivity index (χ1) is 11.9. The minimum atomic E-state index is -0.753. The van der Waals surface area contributed by atoms with Crippen LogP contribution in [0.25, 0.3) is 0 Å². The summed E-state index contributed by atoms with van der Waals surface area (Å²) in [6, 6.07) is 14.5. The van der Waals surface area contributed by atoms with Crippen LogP contribution in [-0.2, 0) is 4.79 Å². The van der Waals surface area contributed by atoms with E-state index < -0.39 is 6.10 Å². The van der Waals surface area contributed by atoms with Gasteiger partial charge in [-0.05, 0) is 38.5 Å². The van der Waals surface area contributed by atoms with Crippen LogP contribution in [0.5, 0.6) is 11.5 Å². The van der Waals surface area contributed by atoms with Crippen molar-refractivity contribution >= 4 is 11.7 Å². The van der Waals surface area contributed by atoms with Crippen LogP contribution >= 0.6 is 0 Å². The summed E-state index contributed by atoms with van der Waals surface area (Å²) >= 11 is 0. The van der Waals surface area contributed by atoms with Crippen molar-refractivity contribution in [2.24, 2.45) is 0 Å². The molecule has 2 rings (SSSR count). The SMILES string of the molecule is COc1ccc(C(C)=O)c(O[C@H](C)C(=O)N[C@H](C)c2ccccc2)c1. The van der Waals surface area contributed by atoms with Crippen molar-refractivity contribution in [3.63, 3.8) is 0 Å². The van der Waals surface area contributed by atoms with Gasteiger partial charge in [0.2, 0.25) is 0 Å². The maximum absolute atomic E-state index is 12.4. The molecule has 132 valence electrons. The topological polar surface area (TPSA) is 64.6 Å². The Morgan fingerprint density at radius 2 is 1.72 bits per heavy atom. The third kappa shape index (κ3) is 4.83. The van der Waals surface area contributed by atoms with E-state index in [0.29, 0.717) is 17.1 Å². The van der Waals surface area contributed by atoms with Crippen molar-refractivity contribution < 1.29 is 19.1 Å². The number of carbonyl (C=O) groups excluding carboxylic acids is 2. The highest BCUT2D eigenvalue weighted by Crippen LogP contribution is 2.26. The normalized spacial score (nSPS) is 12.8. The number of benzene rings is 2. The highest BCUT2D eigenvalue weighted by Gasteiger charge is 2.20. The summed E-state index contributed by atoms with van der Waals surface area (Å²) in [6.45, 7) is 5.01. The predicted octanol–water partition coefficient (Wildman–Crippen LogP) is 3.54. The number of amides is 1. The molecular weight excluding hydrogens is 318 g/mol. The Bertz CT molecular complexity index is 743. The monoisotopic (exact) mass is 341 g/mol. The van der Waals surface area contributed by atoms with Gasteiger partial charge in [0.05, 0.1) is 18.7 Å². The zero-order chi connectivity index (χ0) is 18.4. The van der Waals surface area contributed by atoms with Crippen LogP contribution in [0, 0.1) is 0 Å². The minimum absolute atomic E-state index is 0.136. The molecule has 0 aromatic heterocycles. The Morgan fingerprint density at radius 3 is 2.32 bits per heavy atom. The third-order valence-corrected chi connectivity index (χ3v) is 3.90. The van der Waals surface area contributed by atoms with Crippen molar-refractivity contribution in [1.29, 1.82) is 0 Å². The second-order valence-corrected chi connectivity index (χ2v) is 5.82. The molecule has 2 aromatic carbocycles. The summed E-state index contributed by atoms with van der Waals surface area (Å²) in [5, 5.41) is 2.91. The molecule has 1 N–H and O–H groups in total. The number of methoxy groups -OCH3 is 1. The van der Waals surface area contributed by atoms with Gasteiger partial charge in [-0.1, -0.05) is 30.3 Å². The van der Waals surface area contributed by atoms with Crippen LogP contribution in [0.2, 0.25) is 0 Å². The van der Waals surface area contributed by atoms with Gasteiger partial charge >= 0.3 is 0 Å². The van der Waals surface area contributed by atoms with Crippen molar-refractivity contribution in [2.75, 3.05) is 7.11 Å². The Labute approximate surface area is 148 Å². The van der Waals surface area contributed by atoms with E-state index in [1.54, 1.807) is 25.1 Å². The molecule has 1 amide bonds. The zero-order valence-corrected chi connectivity index (χ0v) is 14.9. The highest BCUT2D eigenvalue weighted by molar-refractivity contribution is 5.97. The first kappa shape index (κ1) is 18.5. The molecule has 2 aromatic rings. The summed E-state index contributed by atoms with van der Waals surface area (Å²) in [6.07, 6.45) is -0.753. The summed E-state index contributed by atoms with van der Waals surface area (Å²) < 4.78 is 10.9. The molecule has 0 spiro atoms. The number of nitrogens with one attached hydrogen (secondary N) is 1. The summed E-state index contributed by atoms with van der Waals surface area (Å²) in [5.41, 5.74) is 1.42. The molecular formula is C20H23NO4. The van der Waals surface area contributed by atoms with Crippen molar-refractivity contribution in [3.05, 3.63) is 59.7 Å². The van der Waals surface area contributed by atoms with Crippen LogP contribution in [-0.4, -0.2) is 24.9 Å². The number of hydrogen-bond donors (Lipinski definition) is 1. The molecule has 5 nitrogen and oxygen atoms in total. The molecule has 0 saturated carbocycles. The molecule has 25 heavy (non-hydrogen) atoms. The zero-order valence-electron chi connectivity index (χ0n) is 14.9. The Kier molecular flexibility index (Phi) is 6.17. The largest absolute Gasteiger partial charge is 0.497 e. The highest BCUT2D eigenvalue weighted by atomic mass is 16.5. The van der Waals surface area contributed by atoms with Crippen molar-refractivity contribution in [3.8, 4) is 11.5 Å². The van der Waals surface area contributed by atoms with E-state index in [2.05, 4.69) is 5.32 Å². The molecule has 0 bridgehead atoms. The van der Waals surface area contributed by atoms with Gasteiger partial charge in [0.25, 0.3) is 5.91 Å². The summed E-state index contributed by atoms with van der Waals surface area (Å²) in [7, 11) is 1.53. The van der Waals surface area contributed by atoms with Gasteiger partial charge in [-0.3, -0.25) is 9.59 Å². The number of carbonyl (C=O) groups is 2. The van der Waals surface area contributed by atoms with Gasteiger partial charge in [0, 0.05) is 6.07 Å². The quantitative estimate of drug-likeness (QED) is 0.782. The molecule has 2 atom stereocenters. The molecule has 0 aliphatic heterocycles. The second-order valence-electron chi connectivity index (χ2n) is 5.82. The summed E-state index contributed by atoms with van der Waals surface area (Å²) in [4.78, 5) is 24.2. The van der Waals surface area contributed by atoms with Crippen LogP contribution in [0.15, 0.2) is 48.5 Å². The lowest BCUT2D eigenvalue weighted by Crippen LogP contribution is -2.38. The van der Waals surface area contributed by atoms with E-state index >= 15 is 0 Å². The maximum Gasteiger partial charge on any atom is 0.261 e. The number of Topliss-reactive ketones (excluding diaryl/α,β-unsaturated/α-hetero) is 1. The molecule has 0 unspecified atom stereocenters. The van der Waals surface area contributed by atoms with E-state index in [1.807, 2.05) is 37.3 Å². The molecule has 0 saturated heterocycles. The second kappa shape index (κ2) is 8.33. The van der Waals surface area contributed by atoms with Gasteiger partial charge in [-0.25, -0.2) is 0 Å². The first-order valence-corrected chi connectivity index (χ1v) is 8.13. The number of ether oxygens (including phenoxy) is 2. The summed E-state index contributed by atoms with van der Waals surface area (Å²) in [5.74, 6) is 0.503. The lowest BCUT2D eigenvalue weighted by Gasteiger charge is -2.20. The fourth-order valence-corrected chi connectivity index (χ4v) is 2.42. The molecule has 0 aliphatic carbocycles. The van der Waals surface area contributed by atoms with Crippen LogP contribution in [0.1, 0.15) is 42.7 Å². The smallest absolute Gasteiger partial charge is 0.261 e. The van der Waals surface area contributed by atoms with Gasteiger partial charge in [-0.15, -0.1) is 0 Å². The number of hydrogen-bond acceptors (Lipinski definition) is 4. The third-order valence-electron chi connectivity index (χ3n) is 3.90. The van der Waals surface area contributed by atoms with Gasteiger partial charge in [-0.2, -0.15) is 0 Å². The Morgan fingerprint density at radius 1 is 1.04 bits per heavy atom. The minimum Gasteiger partial charge on any atom is -0.497 e. The maximum atomic E-state index is 12.4. The lowest BCUT2D eigenvalue weighted by atomic mass is 10.1. The molecule has 5 heteroatoms. The van der Waals surface area contributed by atoms with Gasteiger partial charge in [0.1, 0.15) is 11.5 Å². The van der Waals surface area contributed by atoms with Crippen molar-refractivity contribution in [1.82, 2.24) is 5.32 Å². The Balaban J connectivity index is 2.09. The van der Waals surface area contributed by atoms with E-state index in [4.69, 9.17) is 9.47 Å².